The number of hydrogen-bond acceptors (Lipinski definition) is 4. The zero-order chi connectivity index (χ0) is 15.3. The van der Waals surface area contributed by atoms with Gasteiger partial charge >= 0.3 is 0 Å². The molecule has 22 heavy (non-hydrogen) atoms. The molecule has 1 heterocycles. The van der Waals surface area contributed by atoms with Crippen LogP contribution in [0, 0.1) is 11.8 Å². The van der Waals surface area contributed by atoms with E-state index in [1.807, 2.05) is 24.3 Å². The first kappa shape index (κ1) is 13.4. The van der Waals surface area contributed by atoms with Crippen LogP contribution in [0.4, 0.5) is 0 Å². The maximum atomic E-state index is 12.7. The Morgan fingerprint density at radius 1 is 1.00 bits per heavy atom. The van der Waals surface area contributed by atoms with Crippen molar-refractivity contribution in [1.82, 2.24) is 4.98 Å². The van der Waals surface area contributed by atoms with Gasteiger partial charge in [-0.3, -0.25) is 9.59 Å². The Kier molecular flexibility index (Phi) is 2.99. The molecular weight excluding hydrogens is 278 g/mol. The molecule has 1 aromatic heterocycles. The molecule has 2 saturated carbocycles. The summed E-state index contributed by atoms with van der Waals surface area (Å²) in [7, 11) is 0. The Morgan fingerprint density at radius 3 is 2.32 bits per heavy atom. The first-order chi connectivity index (χ1) is 10.7. The van der Waals surface area contributed by atoms with E-state index in [0.29, 0.717) is 5.52 Å². The van der Waals surface area contributed by atoms with Crippen LogP contribution in [-0.4, -0.2) is 21.7 Å². The summed E-state index contributed by atoms with van der Waals surface area (Å²) < 4.78 is 0. The van der Waals surface area contributed by atoms with E-state index in [0.717, 1.165) is 31.1 Å². The van der Waals surface area contributed by atoms with E-state index >= 15 is 0 Å². The van der Waals surface area contributed by atoms with E-state index in [9.17, 15) is 14.7 Å². The smallest absolute Gasteiger partial charge is 0.153 e. The summed E-state index contributed by atoms with van der Waals surface area (Å²) in [5.74, 6) is -1.36. The number of Topliss-reactive ketones (excluding diaryl/α,β-unsaturated/α-hetero) is 2. The Bertz CT molecular complexity index is 759. The monoisotopic (exact) mass is 295 g/mol. The molecule has 2 fully saturated rings. The summed E-state index contributed by atoms with van der Waals surface area (Å²) in [5.41, 5.74) is 0.939. The molecule has 0 spiro atoms. The summed E-state index contributed by atoms with van der Waals surface area (Å²) >= 11 is 0. The number of pyridine rings is 1. The van der Waals surface area contributed by atoms with Gasteiger partial charge in [0.1, 0.15) is 17.4 Å². The minimum Gasteiger partial charge on any atom is -0.506 e. The number of carbonyl (C=O) groups is 2. The van der Waals surface area contributed by atoms with Crippen molar-refractivity contribution in [3.05, 3.63) is 36.0 Å². The van der Waals surface area contributed by atoms with E-state index in [4.69, 9.17) is 0 Å². The van der Waals surface area contributed by atoms with Crippen molar-refractivity contribution >= 4 is 22.5 Å². The maximum Gasteiger partial charge on any atom is 0.153 e. The van der Waals surface area contributed by atoms with Crippen LogP contribution in [0.15, 0.2) is 30.3 Å². The summed E-state index contributed by atoms with van der Waals surface area (Å²) in [6, 6.07) is 9.00. The molecule has 0 aliphatic heterocycles. The lowest BCUT2D eigenvalue weighted by Crippen LogP contribution is -2.21. The first-order valence-corrected chi connectivity index (χ1v) is 7.83. The summed E-state index contributed by atoms with van der Waals surface area (Å²) in [5, 5.41) is 11.1. The minimum atomic E-state index is -0.877. The zero-order valence-corrected chi connectivity index (χ0v) is 12.2. The number of para-hydroxylation sites is 1. The molecule has 2 aromatic rings. The number of nitrogens with zero attached hydrogens (tertiary/aromatic N) is 1. The Hall–Kier alpha value is -2.23. The largest absolute Gasteiger partial charge is 0.506 e. The number of aromatic hydroxyl groups is 1. The molecule has 4 nitrogen and oxygen atoms in total. The van der Waals surface area contributed by atoms with Gasteiger partial charge in [-0.1, -0.05) is 31.0 Å². The van der Waals surface area contributed by atoms with Crippen molar-refractivity contribution in [1.29, 1.82) is 0 Å². The second-order valence-electron chi connectivity index (χ2n) is 6.32. The predicted molar refractivity (Wildman–Crippen MR) is 81.6 cm³/mol. The van der Waals surface area contributed by atoms with Crippen LogP contribution in [-0.2, 0) is 9.59 Å². The third kappa shape index (κ3) is 1.86. The molecule has 2 unspecified atom stereocenters. The topological polar surface area (TPSA) is 67.3 Å². The maximum absolute atomic E-state index is 12.7. The molecule has 0 saturated heterocycles. The van der Waals surface area contributed by atoms with Crippen LogP contribution in [0.2, 0.25) is 0 Å². The zero-order valence-electron chi connectivity index (χ0n) is 12.2. The number of fused-ring (bicyclic) bond motifs is 2. The van der Waals surface area contributed by atoms with Gasteiger partial charge in [0.05, 0.1) is 5.52 Å². The fourth-order valence-corrected chi connectivity index (χ4v) is 3.98. The molecule has 1 N–H and O–H groups in total. The second kappa shape index (κ2) is 4.90. The van der Waals surface area contributed by atoms with Crippen LogP contribution < -0.4 is 0 Å². The highest BCUT2D eigenvalue weighted by Crippen LogP contribution is 2.45. The minimum absolute atomic E-state index is 0.0484. The van der Waals surface area contributed by atoms with Crippen molar-refractivity contribution in [2.75, 3.05) is 0 Å². The Labute approximate surface area is 128 Å². The van der Waals surface area contributed by atoms with Gasteiger partial charge in [-0.15, -0.1) is 0 Å². The van der Waals surface area contributed by atoms with Crippen LogP contribution in [0.5, 0.6) is 5.75 Å². The number of rotatable bonds is 1. The Balaban J connectivity index is 1.82. The molecule has 2 atom stereocenters. The van der Waals surface area contributed by atoms with Gasteiger partial charge in [0.15, 0.2) is 11.6 Å². The number of ketones is 2. The third-order valence-electron chi connectivity index (χ3n) is 5.07. The molecule has 4 rings (SSSR count). The fourth-order valence-electron chi connectivity index (χ4n) is 3.98. The van der Waals surface area contributed by atoms with Crippen LogP contribution in [0.25, 0.3) is 10.9 Å². The molecule has 2 aliphatic carbocycles. The first-order valence-electron chi connectivity index (χ1n) is 7.83. The molecule has 4 heteroatoms. The predicted octanol–water partition coefficient (Wildman–Crippen LogP) is 2.98. The van der Waals surface area contributed by atoms with E-state index in [1.165, 1.54) is 0 Å². The van der Waals surface area contributed by atoms with E-state index in [2.05, 4.69) is 4.98 Å². The van der Waals surface area contributed by atoms with Gasteiger partial charge in [-0.05, 0) is 25.0 Å². The third-order valence-corrected chi connectivity index (χ3v) is 5.07. The van der Waals surface area contributed by atoms with Crippen molar-refractivity contribution < 1.29 is 14.7 Å². The van der Waals surface area contributed by atoms with Gasteiger partial charge in [-0.2, -0.15) is 0 Å². The van der Waals surface area contributed by atoms with Gasteiger partial charge in [0.2, 0.25) is 0 Å². The van der Waals surface area contributed by atoms with Crippen molar-refractivity contribution in [2.24, 2.45) is 11.8 Å². The quantitative estimate of drug-likeness (QED) is 0.821. The second-order valence-corrected chi connectivity index (χ2v) is 6.32. The van der Waals surface area contributed by atoms with Gasteiger partial charge in [0.25, 0.3) is 0 Å². The summed E-state index contributed by atoms with van der Waals surface area (Å²) in [4.78, 5) is 29.8. The fraction of sp³-hybridized carbons (Fsp3) is 0.389. The van der Waals surface area contributed by atoms with Gasteiger partial charge in [0, 0.05) is 17.2 Å². The van der Waals surface area contributed by atoms with Gasteiger partial charge in [-0.25, -0.2) is 4.98 Å². The normalized spacial score (nSPS) is 28.1. The SMILES string of the molecule is O=C1C(c2nc3ccccc3cc2O)C(=O)C2CCCCC12. The molecule has 2 aliphatic rings. The molecule has 0 amide bonds. The summed E-state index contributed by atoms with van der Waals surface area (Å²) in [6.07, 6.45) is 3.59. The lowest BCUT2D eigenvalue weighted by atomic mass is 9.81. The van der Waals surface area contributed by atoms with E-state index in [-0.39, 0.29) is 34.8 Å². The summed E-state index contributed by atoms with van der Waals surface area (Å²) in [6.45, 7) is 0. The lowest BCUT2D eigenvalue weighted by Gasteiger charge is -2.21. The van der Waals surface area contributed by atoms with Crippen molar-refractivity contribution in [3.8, 4) is 5.75 Å². The highest BCUT2D eigenvalue weighted by molar-refractivity contribution is 6.16. The average Bonchev–Trinajstić information content (AvgIpc) is 2.79. The molecule has 0 radical (unpaired) electrons. The highest BCUT2D eigenvalue weighted by atomic mass is 16.3. The number of benzene rings is 1. The Morgan fingerprint density at radius 2 is 1.64 bits per heavy atom. The van der Waals surface area contributed by atoms with Crippen LogP contribution in [0.3, 0.4) is 0 Å². The number of hydrogen-bond donors (Lipinski definition) is 1. The van der Waals surface area contributed by atoms with E-state index in [1.54, 1.807) is 6.07 Å². The van der Waals surface area contributed by atoms with Gasteiger partial charge < -0.3 is 5.11 Å². The van der Waals surface area contributed by atoms with E-state index < -0.39 is 5.92 Å². The van der Waals surface area contributed by atoms with Crippen molar-refractivity contribution in [3.63, 3.8) is 0 Å². The number of carbonyl (C=O) groups excluding carboxylic acids is 2. The lowest BCUT2D eigenvalue weighted by molar-refractivity contribution is -0.125. The number of aromatic nitrogens is 1. The molecule has 1 aromatic carbocycles. The molecule has 112 valence electrons. The van der Waals surface area contributed by atoms with Crippen LogP contribution >= 0.6 is 0 Å². The molecular formula is C18H17NO3. The highest BCUT2D eigenvalue weighted by Gasteiger charge is 2.51. The standard InChI is InChI=1S/C18H17NO3/c20-14-9-10-5-1-4-8-13(10)19-16(14)15-17(21)11-6-2-3-7-12(11)18(15)22/h1,4-5,8-9,11-12,15,20H,2-3,6-7H2. The average molecular weight is 295 g/mol. The molecule has 0 bridgehead atoms. The van der Waals surface area contributed by atoms with Crippen LogP contribution in [0.1, 0.15) is 37.3 Å². The van der Waals surface area contributed by atoms with Crippen molar-refractivity contribution in [2.45, 2.75) is 31.6 Å².